The van der Waals surface area contributed by atoms with Gasteiger partial charge in [0.2, 0.25) is 0 Å². The van der Waals surface area contributed by atoms with E-state index in [2.05, 4.69) is 164 Å². The van der Waals surface area contributed by atoms with Gasteiger partial charge in [-0.15, -0.1) is 12.6 Å². The molecule has 1 heterocycles. The summed E-state index contributed by atoms with van der Waals surface area (Å²) in [4.78, 5) is 4.35. The molecule has 0 bridgehead atoms. The predicted octanol–water partition coefficient (Wildman–Crippen LogP) is 6.99. The molecule has 5 rings (SSSR count). The van der Waals surface area contributed by atoms with Gasteiger partial charge in [-0.25, -0.2) is 4.98 Å². The van der Waals surface area contributed by atoms with E-state index in [0.717, 1.165) is 6.42 Å². The van der Waals surface area contributed by atoms with Crippen molar-refractivity contribution in [3.05, 3.63) is 192 Å². The van der Waals surface area contributed by atoms with Crippen molar-refractivity contribution < 1.29 is 0 Å². The molecule has 0 spiro atoms. The summed E-state index contributed by atoms with van der Waals surface area (Å²) < 4.78 is 2.26. The standard InChI is InChI=1S/C22H24N2Si.C14H13B/c1-3-4-11-19(2)25-22(24-17-16-23-18-24,20-12-7-5-8-13-20)21-14-9-6-10-15-21;15-11-14(12-7-3-1-4-8-12)13-9-5-2-6-10-13/h4-18H,2-3,25H2,1H3;1-11H,15H2. The van der Waals surface area contributed by atoms with Gasteiger partial charge in [0.05, 0.1) is 21.0 Å². The first-order chi connectivity index (χ1) is 19.7. The molecule has 0 aliphatic rings. The van der Waals surface area contributed by atoms with E-state index in [0.29, 0.717) is 0 Å². The highest BCUT2D eigenvalue weighted by atomic mass is 28.2. The van der Waals surface area contributed by atoms with Crippen molar-refractivity contribution in [2.45, 2.75) is 18.5 Å². The predicted molar refractivity (Wildman–Crippen MR) is 177 cm³/mol. The Morgan fingerprint density at radius 3 is 1.68 bits per heavy atom. The second-order valence-corrected chi connectivity index (χ2v) is 11.9. The number of imidazole rings is 1. The van der Waals surface area contributed by atoms with Crippen LogP contribution >= 0.6 is 0 Å². The van der Waals surface area contributed by atoms with Crippen LogP contribution in [0.3, 0.4) is 0 Å². The van der Waals surface area contributed by atoms with Crippen molar-refractivity contribution >= 4 is 22.9 Å². The molecule has 0 atom stereocenters. The fourth-order valence-electron chi connectivity index (χ4n) is 5.08. The lowest BCUT2D eigenvalue weighted by Crippen LogP contribution is -2.42. The monoisotopic (exact) mass is 536 g/mol. The van der Waals surface area contributed by atoms with Crippen LogP contribution in [0.4, 0.5) is 0 Å². The van der Waals surface area contributed by atoms with Crippen molar-refractivity contribution in [1.29, 1.82) is 0 Å². The van der Waals surface area contributed by atoms with E-state index in [1.807, 2.05) is 24.7 Å². The van der Waals surface area contributed by atoms with Gasteiger partial charge in [-0.05, 0) is 34.2 Å². The highest BCUT2D eigenvalue weighted by molar-refractivity contribution is 6.51. The van der Waals surface area contributed by atoms with Crippen LogP contribution in [0.1, 0.15) is 35.6 Å². The summed E-state index contributed by atoms with van der Waals surface area (Å²) in [6, 6.07) is 42.4. The van der Waals surface area contributed by atoms with Crippen LogP contribution in [0.15, 0.2) is 170 Å². The minimum absolute atomic E-state index is 0.228. The molecule has 0 saturated carbocycles. The fraction of sp³-hybridized carbons (Fsp3) is 0.0833. The van der Waals surface area contributed by atoms with Gasteiger partial charge < -0.3 is 4.57 Å². The van der Waals surface area contributed by atoms with Crippen molar-refractivity contribution in [3.8, 4) is 0 Å². The molecule has 0 unspecified atom stereocenters. The Balaban J connectivity index is 0.000000210. The largest absolute Gasteiger partial charge is 0.326 e. The molecule has 198 valence electrons. The summed E-state index contributed by atoms with van der Waals surface area (Å²) in [5.74, 6) is 2.16. The smallest absolute Gasteiger partial charge is 0.130 e. The first kappa shape index (κ1) is 28.6. The van der Waals surface area contributed by atoms with Gasteiger partial charge in [0.1, 0.15) is 7.85 Å². The summed E-state index contributed by atoms with van der Waals surface area (Å²) in [7, 11) is 1.28. The van der Waals surface area contributed by atoms with E-state index in [1.54, 1.807) is 0 Å². The summed E-state index contributed by atoms with van der Waals surface area (Å²) in [6.45, 7) is 6.53. The van der Waals surface area contributed by atoms with Crippen LogP contribution in [-0.4, -0.2) is 26.9 Å². The lowest BCUT2D eigenvalue weighted by molar-refractivity contribution is 0.595. The van der Waals surface area contributed by atoms with Gasteiger partial charge in [-0.2, -0.15) is 0 Å². The maximum Gasteiger partial charge on any atom is 0.130 e. The number of aromatic nitrogens is 2. The van der Waals surface area contributed by atoms with Gasteiger partial charge in [-0.3, -0.25) is 0 Å². The molecule has 5 aromatic rings. The fourth-order valence-corrected chi connectivity index (χ4v) is 7.27. The molecule has 0 saturated heterocycles. The Labute approximate surface area is 242 Å². The average Bonchev–Trinajstić information content (AvgIpc) is 3.57. The van der Waals surface area contributed by atoms with E-state index in [-0.39, 0.29) is 5.16 Å². The summed E-state index contributed by atoms with van der Waals surface area (Å²) in [5, 5.41) is 1.01. The zero-order chi connectivity index (χ0) is 28.0. The van der Waals surface area contributed by atoms with Crippen molar-refractivity contribution in [1.82, 2.24) is 9.55 Å². The number of rotatable bonds is 9. The molecule has 2 nitrogen and oxygen atoms in total. The molecule has 4 aromatic carbocycles. The van der Waals surface area contributed by atoms with Crippen LogP contribution in [0.25, 0.3) is 5.57 Å². The molecule has 0 aliphatic heterocycles. The van der Waals surface area contributed by atoms with E-state index >= 15 is 0 Å². The van der Waals surface area contributed by atoms with E-state index in [4.69, 9.17) is 0 Å². The quantitative estimate of drug-likeness (QED) is 0.147. The normalized spacial score (nSPS) is 11.2. The first-order valence-electron chi connectivity index (χ1n) is 13.9. The molecular formula is C36H37BN2Si. The van der Waals surface area contributed by atoms with Crippen molar-refractivity contribution in [3.63, 3.8) is 0 Å². The molecule has 0 radical (unpaired) electrons. The van der Waals surface area contributed by atoms with Crippen molar-refractivity contribution in [2.24, 2.45) is 0 Å². The lowest BCUT2D eigenvalue weighted by atomic mass is 9.92. The Bertz CT molecular complexity index is 1410. The second kappa shape index (κ2) is 14.7. The number of hydrogen-bond donors (Lipinski definition) is 0. The van der Waals surface area contributed by atoms with Gasteiger partial charge in [0.25, 0.3) is 0 Å². The van der Waals surface area contributed by atoms with Crippen LogP contribution in [0.2, 0.25) is 0 Å². The summed E-state index contributed by atoms with van der Waals surface area (Å²) in [5.41, 5.74) is 6.41. The molecule has 1 aromatic heterocycles. The maximum absolute atomic E-state index is 4.38. The summed E-state index contributed by atoms with van der Waals surface area (Å²) in [6.07, 6.45) is 11.3. The highest BCUT2D eigenvalue weighted by Gasteiger charge is 2.36. The van der Waals surface area contributed by atoms with Crippen LogP contribution < -0.4 is 0 Å². The third kappa shape index (κ3) is 6.96. The minimum Gasteiger partial charge on any atom is -0.326 e. The van der Waals surface area contributed by atoms with Gasteiger partial charge >= 0.3 is 0 Å². The Hall–Kier alpha value is -4.41. The van der Waals surface area contributed by atoms with E-state index in [9.17, 15) is 0 Å². The molecule has 0 N–H and O–H groups in total. The highest BCUT2D eigenvalue weighted by Crippen LogP contribution is 2.34. The van der Waals surface area contributed by atoms with E-state index < -0.39 is 9.52 Å². The zero-order valence-corrected chi connectivity index (χ0v) is 24.9. The number of hydrogen-bond acceptors (Lipinski definition) is 1. The molecule has 0 aliphatic carbocycles. The molecule has 40 heavy (non-hydrogen) atoms. The molecular weight excluding hydrogens is 499 g/mol. The van der Waals surface area contributed by atoms with Crippen molar-refractivity contribution in [2.75, 3.05) is 0 Å². The van der Waals surface area contributed by atoms with Crippen LogP contribution in [0.5, 0.6) is 0 Å². The Morgan fingerprint density at radius 2 is 1.27 bits per heavy atom. The van der Waals surface area contributed by atoms with Gasteiger partial charge in [-0.1, -0.05) is 146 Å². The Morgan fingerprint density at radius 1 is 0.800 bits per heavy atom. The van der Waals surface area contributed by atoms with E-state index in [1.165, 1.54) is 33.0 Å². The Kier molecular flexibility index (Phi) is 10.5. The lowest BCUT2D eigenvalue weighted by Gasteiger charge is -2.37. The topological polar surface area (TPSA) is 17.8 Å². The van der Waals surface area contributed by atoms with Gasteiger partial charge in [0.15, 0.2) is 0 Å². The SMILES string of the molecule is BC=C(c1ccccc1)c1ccccc1.C=C(C=CCC)[SiH2]C(c1ccccc1)(c1ccccc1)n1ccnc1. The average molecular weight is 537 g/mol. The molecule has 0 fully saturated rings. The number of nitrogens with zero attached hydrogens (tertiary/aromatic N) is 2. The number of allylic oxidation sites excluding steroid dienone is 3. The van der Waals surface area contributed by atoms with Gasteiger partial charge in [0, 0.05) is 12.4 Å². The van der Waals surface area contributed by atoms with Crippen LogP contribution in [0, 0.1) is 0 Å². The zero-order valence-electron chi connectivity index (χ0n) is 23.5. The molecule has 4 heteroatoms. The number of benzene rings is 4. The minimum atomic E-state index is -0.801. The molecule has 0 amide bonds. The third-order valence-electron chi connectivity index (χ3n) is 6.98. The van der Waals surface area contributed by atoms with Crippen LogP contribution in [-0.2, 0) is 5.16 Å². The first-order valence-corrected chi connectivity index (χ1v) is 15.3. The maximum atomic E-state index is 4.38. The second-order valence-electron chi connectivity index (χ2n) is 9.64. The third-order valence-corrected chi connectivity index (χ3v) is 9.36. The summed E-state index contributed by atoms with van der Waals surface area (Å²) >= 11 is 0.